The molecule has 0 saturated heterocycles. The molecule has 0 atom stereocenters. The summed E-state index contributed by atoms with van der Waals surface area (Å²) in [5.41, 5.74) is 21.2. The molecular weight excluding hydrogens is 959 g/mol. The summed E-state index contributed by atoms with van der Waals surface area (Å²) in [6.07, 6.45) is 0. The van der Waals surface area contributed by atoms with Crippen LogP contribution < -0.4 is 0 Å². The number of hydrogen-bond acceptors (Lipinski definition) is 3. The van der Waals surface area contributed by atoms with E-state index in [1.807, 2.05) is 0 Å². The Morgan fingerprint density at radius 3 is 1.06 bits per heavy atom. The number of nitrogens with zero attached hydrogens (tertiary/aromatic N) is 5. The molecule has 12 aromatic rings. The maximum atomic E-state index is 5.80. The number of rotatable bonds is 8. The molecule has 0 bridgehead atoms. The monoisotopic (exact) mass is 1030 g/mol. The minimum atomic E-state index is -0.0510. The van der Waals surface area contributed by atoms with Gasteiger partial charge in [0.25, 0.3) is 0 Å². The number of para-hydroxylation sites is 2. The SMILES string of the molecule is Cc1ccccc1-c1cccc(-c2nc(-c3ccccc3)nc(-c3cccc(-c4ccccc4C)c3-n3c4ccc(C(C)(C)C)cc4c4cc(C(C)(C)C)ccc43)n2)c1-n1c2ccc(C(C)C)cc2c2cc(C(C)(C)C)ccc21. The molecule has 0 aliphatic heterocycles. The Labute approximate surface area is 466 Å². The molecule has 79 heavy (non-hydrogen) atoms. The second-order valence-electron chi connectivity index (χ2n) is 25.3. The van der Waals surface area contributed by atoms with Gasteiger partial charge >= 0.3 is 0 Å². The van der Waals surface area contributed by atoms with Crippen LogP contribution in [0.1, 0.15) is 115 Å². The van der Waals surface area contributed by atoms with Gasteiger partial charge in [-0.15, -0.1) is 0 Å². The van der Waals surface area contributed by atoms with Crippen LogP contribution in [0, 0.1) is 13.8 Å². The molecule has 5 nitrogen and oxygen atoms in total. The summed E-state index contributed by atoms with van der Waals surface area (Å²) in [5.74, 6) is 2.15. The molecule has 0 N–H and O–H groups in total. The fraction of sp³-hybridized carbons (Fsp3) is 0.230. The number of aromatic nitrogens is 5. The van der Waals surface area contributed by atoms with Crippen molar-refractivity contribution < 1.29 is 0 Å². The average molecular weight is 1030 g/mol. The number of benzene rings is 9. The highest BCUT2D eigenvalue weighted by Gasteiger charge is 2.29. The number of aryl methyl sites for hydroxylation is 2. The zero-order valence-corrected chi connectivity index (χ0v) is 48.2. The van der Waals surface area contributed by atoms with Gasteiger partial charge in [-0.3, -0.25) is 0 Å². The first kappa shape index (κ1) is 51.4. The van der Waals surface area contributed by atoms with Crippen molar-refractivity contribution in [3.63, 3.8) is 0 Å². The largest absolute Gasteiger partial charge is 0.308 e. The van der Waals surface area contributed by atoms with Crippen molar-refractivity contribution in [1.82, 2.24) is 24.1 Å². The van der Waals surface area contributed by atoms with Crippen LogP contribution in [0.15, 0.2) is 188 Å². The molecule has 3 aromatic heterocycles. The second kappa shape index (κ2) is 19.2. The van der Waals surface area contributed by atoms with E-state index in [4.69, 9.17) is 15.0 Å². The van der Waals surface area contributed by atoms with E-state index in [-0.39, 0.29) is 16.2 Å². The first-order valence-electron chi connectivity index (χ1n) is 28.1. The van der Waals surface area contributed by atoms with Gasteiger partial charge in [0, 0.05) is 49.4 Å². The Hall–Kier alpha value is -8.41. The molecule has 0 aliphatic rings. The van der Waals surface area contributed by atoms with Crippen molar-refractivity contribution in [1.29, 1.82) is 0 Å². The van der Waals surface area contributed by atoms with Crippen molar-refractivity contribution in [3.8, 4) is 67.8 Å². The first-order valence-corrected chi connectivity index (χ1v) is 28.1. The molecule has 5 heteroatoms. The Morgan fingerprint density at radius 2 is 0.671 bits per heavy atom. The fourth-order valence-corrected chi connectivity index (χ4v) is 11.8. The summed E-state index contributed by atoms with van der Waals surface area (Å²) in [6.45, 7) is 29.7. The summed E-state index contributed by atoms with van der Waals surface area (Å²) >= 11 is 0. The van der Waals surface area contributed by atoms with Crippen LogP contribution in [-0.2, 0) is 16.2 Å². The predicted octanol–water partition coefficient (Wildman–Crippen LogP) is 20.0. The molecule has 392 valence electrons. The second-order valence-corrected chi connectivity index (χ2v) is 25.3. The summed E-state index contributed by atoms with van der Waals surface area (Å²) in [4.78, 5) is 17.0. The Kier molecular flexibility index (Phi) is 12.5. The van der Waals surface area contributed by atoms with Gasteiger partial charge in [0.15, 0.2) is 17.5 Å². The smallest absolute Gasteiger partial charge is 0.166 e. The minimum absolute atomic E-state index is 0.0447. The lowest BCUT2D eigenvalue weighted by atomic mass is 9.85. The lowest BCUT2D eigenvalue weighted by molar-refractivity contribution is 0.590. The van der Waals surface area contributed by atoms with E-state index in [0.717, 1.165) is 72.4 Å². The van der Waals surface area contributed by atoms with Crippen LogP contribution in [0.3, 0.4) is 0 Å². The van der Waals surface area contributed by atoms with E-state index in [1.165, 1.54) is 54.9 Å². The highest BCUT2D eigenvalue weighted by molar-refractivity contribution is 6.12. The van der Waals surface area contributed by atoms with Gasteiger partial charge in [-0.2, -0.15) is 0 Å². The van der Waals surface area contributed by atoms with Crippen molar-refractivity contribution in [2.75, 3.05) is 0 Å². The molecule has 0 amide bonds. The van der Waals surface area contributed by atoms with Crippen molar-refractivity contribution in [2.45, 2.75) is 112 Å². The van der Waals surface area contributed by atoms with Gasteiger partial charge in [0.1, 0.15) is 0 Å². The van der Waals surface area contributed by atoms with E-state index in [0.29, 0.717) is 23.4 Å². The van der Waals surface area contributed by atoms with E-state index in [1.54, 1.807) is 0 Å². The molecule has 0 spiro atoms. The Balaban J connectivity index is 1.22. The van der Waals surface area contributed by atoms with Gasteiger partial charge in [-0.25, -0.2) is 15.0 Å². The number of fused-ring (bicyclic) bond motifs is 6. The zero-order valence-electron chi connectivity index (χ0n) is 48.2. The summed E-state index contributed by atoms with van der Waals surface area (Å²) < 4.78 is 4.98. The molecule has 0 aliphatic carbocycles. The van der Waals surface area contributed by atoms with Crippen LogP contribution >= 0.6 is 0 Å². The van der Waals surface area contributed by atoms with Crippen LogP contribution in [0.25, 0.3) is 111 Å². The molecule has 0 saturated carbocycles. The van der Waals surface area contributed by atoms with E-state index in [9.17, 15) is 0 Å². The molecule has 0 radical (unpaired) electrons. The van der Waals surface area contributed by atoms with Crippen molar-refractivity contribution in [2.24, 2.45) is 0 Å². The number of hydrogen-bond donors (Lipinski definition) is 0. The van der Waals surface area contributed by atoms with E-state index >= 15 is 0 Å². The standard InChI is InChI=1S/C74H71N5/c1-45(2)49-33-37-63-59(41-49)60-42-50(72(5,6)7)34-38-64(60)78(63)67-55(53-27-19-17-23-46(53)3)29-21-31-57(67)70-75-69(48-25-15-14-16-26-48)76-71(77-70)58-32-22-30-56(54-28-20-18-24-47(54)4)68(58)79-65-39-35-51(73(8,9)10)43-61(65)62-44-52(74(11,12)13)36-40-66(62)79/h14-45H,1-13H3. The first-order chi connectivity index (χ1) is 37.7. The molecule has 3 heterocycles. The molecule has 9 aromatic carbocycles. The normalized spacial score (nSPS) is 12.5. The molecule has 12 rings (SSSR count). The highest BCUT2D eigenvalue weighted by atomic mass is 15.1. The topological polar surface area (TPSA) is 48.5 Å². The predicted molar refractivity (Wildman–Crippen MR) is 335 cm³/mol. The van der Waals surface area contributed by atoms with Gasteiger partial charge in [-0.1, -0.05) is 204 Å². The van der Waals surface area contributed by atoms with E-state index in [2.05, 4.69) is 287 Å². The fourth-order valence-electron chi connectivity index (χ4n) is 11.8. The summed E-state index contributed by atoms with van der Waals surface area (Å²) in [6, 6.07) is 69.5. The van der Waals surface area contributed by atoms with Crippen LogP contribution in [0.4, 0.5) is 0 Å². The summed E-state index contributed by atoms with van der Waals surface area (Å²) in [7, 11) is 0. The quantitative estimate of drug-likeness (QED) is 0.152. The lowest BCUT2D eigenvalue weighted by Gasteiger charge is -2.22. The molecule has 0 unspecified atom stereocenters. The van der Waals surface area contributed by atoms with Crippen molar-refractivity contribution in [3.05, 3.63) is 221 Å². The van der Waals surface area contributed by atoms with Gasteiger partial charge in [-0.05, 0) is 141 Å². The summed E-state index contributed by atoms with van der Waals surface area (Å²) in [5, 5.41) is 4.90. The van der Waals surface area contributed by atoms with Gasteiger partial charge in [0.05, 0.1) is 33.4 Å². The average Bonchev–Trinajstić information content (AvgIpc) is 4.11. The van der Waals surface area contributed by atoms with Gasteiger partial charge < -0.3 is 9.13 Å². The third-order valence-corrected chi connectivity index (χ3v) is 16.4. The highest BCUT2D eigenvalue weighted by Crippen LogP contribution is 2.47. The van der Waals surface area contributed by atoms with Crippen LogP contribution in [0.5, 0.6) is 0 Å². The molecular formula is C74H71N5. The van der Waals surface area contributed by atoms with Crippen LogP contribution in [-0.4, -0.2) is 24.1 Å². The maximum absolute atomic E-state index is 5.80. The zero-order chi connectivity index (χ0) is 55.3. The third-order valence-electron chi connectivity index (χ3n) is 16.4. The minimum Gasteiger partial charge on any atom is -0.308 e. The van der Waals surface area contributed by atoms with Crippen molar-refractivity contribution >= 4 is 43.6 Å². The van der Waals surface area contributed by atoms with Crippen LogP contribution in [0.2, 0.25) is 0 Å². The van der Waals surface area contributed by atoms with E-state index < -0.39 is 0 Å². The molecule has 0 fully saturated rings. The maximum Gasteiger partial charge on any atom is 0.166 e. The van der Waals surface area contributed by atoms with Gasteiger partial charge in [0.2, 0.25) is 0 Å². The Bertz CT molecular complexity index is 4280. The Morgan fingerprint density at radius 1 is 0.329 bits per heavy atom. The lowest BCUT2D eigenvalue weighted by Crippen LogP contribution is -2.10. The third kappa shape index (κ3) is 9.03.